The van der Waals surface area contributed by atoms with E-state index in [0.717, 1.165) is 52.0 Å². The molecule has 0 aliphatic rings. The van der Waals surface area contributed by atoms with Crippen LogP contribution in [0.2, 0.25) is 0 Å². The van der Waals surface area contributed by atoms with E-state index in [0.29, 0.717) is 11.8 Å². The third-order valence-corrected chi connectivity index (χ3v) is 5.41. The van der Waals surface area contributed by atoms with Crippen LogP contribution in [-0.4, -0.2) is 28.3 Å². The van der Waals surface area contributed by atoms with Crippen LogP contribution in [0.3, 0.4) is 0 Å². The third-order valence-electron chi connectivity index (χ3n) is 5.41. The van der Waals surface area contributed by atoms with Crippen molar-refractivity contribution in [1.29, 1.82) is 0 Å². The lowest BCUT2D eigenvalue weighted by atomic mass is 10.0. The number of methoxy groups -OCH3 is 1. The zero-order chi connectivity index (χ0) is 20.4. The number of halogens is 1. The highest BCUT2D eigenvalue weighted by molar-refractivity contribution is 5.85. The van der Waals surface area contributed by atoms with Crippen molar-refractivity contribution in [2.45, 2.75) is 59.4 Å². The number of fused-ring (bicyclic) bond motifs is 1. The summed E-state index contributed by atoms with van der Waals surface area (Å²) in [7, 11) is 1.65. The zero-order valence-electron chi connectivity index (χ0n) is 17.7. The van der Waals surface area contributed by atoms with E-state index in [-0.39, 0.29) is 12.7 Å². The minimum atomic E-state index is -0.378. The maximum atomic E-state index is 13.5. The summed E-state index contributed by atoms with van der Waals surface area (Å²) in [6, 6.07) is 6.09. The van der Waals surface area contributed by atoms with Crippen molar-refractivity contribution in [3.63, 3.8) is 0 Å². The fourth-order valence-electron chi connectivity index (χ4n) is 3.67. The molecular weight excluding hydrogens is 353 g/mol. The Morgan fingerprint density at radius 1 is 1.18 bits per heavy atom. The Labute approximate surface area is 166 Å². The summed E-state index contributed by atoms with van der Waals surface area (Å²) in [4.78, 5) is 9.70. The van der Waals surface area contributed by atoms with Gasteiger partial charge in [0.15, 0.2) is 0 Å². The Hall–Kier alpha value is -2.43. The van der Waals surface area contributed by atoms with E-state index in [9.17, 15) is 4.39 Å². The molecule has 3 aromatic rings. The number of rotatable bonds is 7. The van der Waals surface area contributed by atoms with Crippen LogP contribution in [0.5, 0.6) is 5.88 Å². The lowest BCUT2D eigenvalue weighted by molar-refractivity contribution is 0.355. The first-order chi connectivity index (χ1) is 13.4. The molecule has 0 saturated carbocycles. The lowest BCUT2D eigenvalue weighted by Gasteiger charge is -2.17. The van der Waals surface area contributed by atoms with Gasteiger partial charge in [-0.2, -0.15) is 0 Å². The van der Waals surface area contributed by atoms with Crippen molar-refractivity contribution < 1.29 is 9.13 Å². The summed E-state index contributed by atoms with van der Waals surface area (Å²) in [5.41, 5.74) is 6.85. The Bertz CT molecular complexity index is 974. The normalized spacial score (nSPS) is 12.7. The SMILES string of the molecule is CCc1cc2c(nc1-c1ccc(C(C)C)nc1OC)c(C)cn2[C@@H](CC)CF. The summed E-state index contributed by atoms with van der Waals surface area (Å²) in [6.45, 7) is 10.0. The van der Waals surface area contributed by atoms with Gasteiger partial charge in [0, 0.05) is 11.9 Å². The topological polar surface area (TPSA) is 39.9 Å². The smallest absolute Gasteiger partial charge is 0.222 e. The maximum absolute atomic E-state index is 13.5. The molecule has 0 bridgehead atoms. The standard InChI is InChI=1S/C23H30FN3O/c1-7-16-11-20-21(15(5)13-27(20)17(8-2)12-24)26-22(16)18-9-10-19(14(3)4)25-23(18)28-6/h9-11,13-14,17H,7-8,12H2,1-6H3/t17-/m0/s1. The molecule has 3 rings (SSSR count). The van der Waals surface area contributed by atoms with E-state index in [1.807, 2.05) is 30.7 Å². The number of ether oxygens (including phenoxy) is 1. The van der Waals surface area contributed by atoms with Crippen LogP contribution < -0.4 is 4.74 Å². The summed E-state index contributed by atoms with van der Waals surface area (Å²) >= 11 is 0. The third kappa shape index (κ3) is 3.50. The molecule has 0 aromatic carbocycles. The molecule has 28 heavy (non-hydrogen) atoms. The molecule has 0 radical (unpaired) electrons. The summed E-state index contributed by atoms with van der Waals surface area (Å²) < 4.78 is 21.2. The van der Waals surface area contributed by atoms with E-state index in [4.69, 9.17) is 9.72 Å². The van der Waals surface area contributed by atoms with Gasteiger partial charge in [0.2, 0.25) is 5.88 Å². The summed E-state index contributed by atoms with van der Waals surface area (Å²) in [5, 5.41) is 0. The van der Waals surface area contributed by atoms with Crippen LogP contribution in [0.25, 0.3) is 22.3 Å². The van der Waals surface area contributed by atoms with Gasteiger partial charge in [-0.3, -0.25) is 0 Å². The molecule has 3 aromatic heterocycles. The van der Waals surface area contributed by atoms with Crippen molar-refractivity contribution in [3.05, 3.63) is 41.2 Å². The molecule has 0 aliphatic carbocycles. The van der Waals surface area contributed by atoms with Crippen LogP contribution in [-0.2, 0) is 6.42 Å². The second-order valence-electron chi connectivity index (χ2n) is 7.60. The molecule has 150 valence electrons. The van der Waals surface area contributed by atoms with E-state index < -0.39 is 0 Å². The Morgan fingerprint density at radius 3 is 2.50 bits per heavy atom. The minimum absolute atomic E-state index is 0.157. The van der Waals surface area contributed by atoms with Crippen LogP contribution in [0.1, 0.15) is 62.9 Å². The second kappa shape index (κ2) is 8.29. The monoisotopic (exact) mass is 383 g/mol. The predicted octanol–water partition coefficient (Wildman–Crippen LogP) is 6.02. The highest BCUT2D eigenvalue weighted by Gasteiger charge is 2.20. The van der Waals surface area contributed by atoms with Gasteiger partial charge in [-0.15, -0.1) is 0 Å². The van der Waals surface area contributed by atoms with Crippen molar-refractivity contribution >= 4 is 11.0 Å². The number of pyridine rings is 2. The minimum Gasteiger partial charge on any atom is -0.480 e. The Kier molecular flexibility index (Phi) is 6.01. The van der Waals surface area contributed by atoms with Crippen LogP contribution in [0.15, 0.2) is 24.4 Å². The molecule has 1 atom stereocenters. The van der Waals surface area contributed by atoms with E-state index in [1.165, 1.54) is 0 Å². The number of nitrogens with zero attached hydrogens (tertiary/aromatic N) is 3. The molecule has 5 heteroatoms. The highest BCUT2D eigenvalue weighted by Crippen LogP contribution is 2.35. The summed E-state index contributed by atoms with van der Waals surface area (Å²) in [6.07, 6.45) is 3.59. The fraction of sp³-hybridized carbons (Fsp3) is 0.478. The highest BCUT2D eigenvalue weighted by atomic mass is 19.1. The number of aryl methyl sites for hydroxylation is 2. The van der Waals surface area contributed by atoms with Gasteiger partial charge in [0.25, 0.3) is 0 Å². The van der Waals surface area contributed by atoms with Gasteiger partial charge in [0.1, 0.15) is 6.67 Å². The van der Waals surface area contributed by atoms with Crippen LogP contribution in [0, 0.1) is 6.92 Å². The van der Waals surface area contributed by atoms with Crippen LogP contribution >= 0.6 is 0 Å². The summed E-state index contributed by atoms with van der Waals surface area (Å²) in [5.74, 6) is 0.923. The van der Waals surface area contributed by atoms with Gasteiger partial charge >= 0.3 is 0 Å². The number of aromatic nitrogens is 3. The molecule has 0 spiro atoms. The largest absolute Gasteiger partial charge is 0.480 e. The molecule has 0 unspecified atom stereocenters. The van der Waals surface area contributed by atoms with Crippen LogP contribution in [0.4, 0.5) is 4.39 Å². The van der Waals surface area contributed by atoms with Crippen molar-refractivity contribution in [3.8, 4) is 17.1 Å². The van der Waals surface area contributed by atoms with Crippen molar-refractivity contribution in [1.82, 2.24) is 14.5 Å². The fourth-order valence-corrected chi connectivity index (χ4v) is 3.67. The van der Waals surface area contributed by atoms with Crippen molar-refractivity contribution in [2.24, 2.45) is 0 Å². The maximum Gasteiger partial charge on any atom is 0.222 e. The second-order valence-corrected chi connectivity index (χ2v) is 7.60. The lowest BCUT2D eigenvalue weighted by Crippen LogP contribution is -2.09. The molecular formula is C23H30FN3O. The average molecular weight is 384 g/mol. The average Bonchev–Trinajstić information content (AvgIpc) is 3.03. The quantitative estimate of drug-likeness (QED) is 0.501. The first-order valence-corrected chi connectivity index (χ1v) is 10.1. The van der Waals surface area contributed by atoms with Gasteiger partial charge in [0.05, 0.1) is 35.4 Å². The Balaban J connectivity index is 2.24. The van der Waals surface area contributed by atoms with E-state index >= 15 is 0 Å². The molecule has 0 fully saturated rings. The van der Waals surface area contributed by atoms with E-state index in [1.54, 1.807) is 7.11 Å². The van der Waals surface area contributed by atoms with Gasteiger partial charge in [-0.05, 0) is 55.0 Å². The molecule has 0 N–H and O–H groups in total. The first kappa shape index (κ1) is 20.3. The first-order valence-electron chi connectivity index (χ1n) is 10.1. The molecule has 0 amide bonds. The van der Waals surface area contributed by atoms with Crippen molar-refractivity contribution in [2.75, 3.05) is 13.8 Å². The number of alkyl halides is 1. The predicted molar refractivity (Wildman–Crippen MR) is 113 cm³/mol. The molecule has 3 heterocycles. The van der Waals surface area contributed by atoms with E-state index in [2.05, 4.69) is 37.9 Å². The molecule has 0 saturated heterocycles. The van der Waals surface area contributed by atoms with Gasteiger partial charge in [-0.25, -0.2) is 14.4 Å². The molecule has 0 aliphatic heterocycles. The van der Waals surface area contributed by atoms with Gasteiger partial charge in [-0.1, -0.05) is 27.7 Å². The zero-order valence-corrected chi connectivity index (χ0v) is 17.7. The molecule has 4 nitrogen and oxygen atoms in total. The van der Waals surface area contributed by atoms with Gasteiger partial charge < -0.3 is 9.30 Å². The Morgan fingerprint density at radius 2 is 1.93 bits per heavy atom. The number of hydrogen-bond acceptors (Lipinski definition) is 3. The number of hydrogen-bond donors (Lipinski definition) is 0.